The Morgan fingerprint density at radius 2 is 2.33 bits per heavy atom. The minimum Gasteiger partial charge on any atom is -0.327 e. The van der Waals surface area contributed by atoms with Crippen LogP contribution >= 0.6 is 27.7 Å². The van der Waals surface area contributed by atoms with E-state index < -0.39 is 0 Å². The van der Waals surface area contributed by atoms with Gasteiger partial charge in [0.1, 0.15) is 0 Å². The summed E-state index contributed by atoms with van der Waals surface area (Å²) in [7, 11) is 0. The Morgan fingerprint density at radius 1 is 1.53 bits per heavy atom. The molecule has 0 fully saturated rings. The Bertz CT molecular complexity index is 346. The summed E-state index contributed by atoms with van der Waals surface area (Å²) in [5.41, 5.74) is 5.92. The van der Waals surface area contributed by atoms with Gasteiger partial charge in [-0.2, -0.15) is 0 Å². The van der Waals surface area contributed by atoms with Crippen molar-refractivity contribution in [1.29, 1.82) is 0 Å². The first-order valence-electron chi connectivity index (χ1n) is 4.80. The van der Waals surface area contributed by atoms with Gasteiger partial charge < -0.3 is 5.73 Å². The maximum Gasteiger partial charge on any atom is 0.0186 e. The van der Waals surface area contributed by atoms with Crippen LogP contribution in [0.2, 0.25) is 0 Å². The van der Waals surface area contributed by atoms with E-state index in [4.69, 9.17) is 12.2 Å². The normalized spacial score (nSPS) is 12.1. The van der Waals surface area contributed by atoms with Gasteiger partial charge in [0.2, 0.25) is 0 Å². The molecule has 0 aliphatic heterocycles. The monoisotopic (exact) mass is 283 g/mol. The van der Waals surface area contributed by atoms with E-state index in [1.807, 2.05) is 12.1 Å². The summed E-state index contributed by atoms with van der Waals surface area (Å²) in [5, 5.41) is 0. The summed E-state index contributed by atoms with van der Waals surface area (Å²) in [5.74, 6) is 3.52. The minimum atomic E-state index is 0.185. The van der Waals surface area contributed by atoms with Gasteiger partial charge in [-0.1, -0.05) is 22.0 Å². The van der Waals surface area contributed by atoms with Crippen LogP contribution in [0.5, 0.6) is 0 Å². The Labute approximate surface area is 104 Å². The van der Waals surface area contributed by atoms with Gasteiger partial charge in [-0.25, -0.2) is 0 Å². The second-order valence-electron chi connectivity index (χ2n) is 3.27. The number of nitrogens with two attached hydrogens (primary N) is 1. The lowest BCUT2D eigenvalue weighted by Crippen LogP contribution is -2.22. The molecule has 80 valence electrons. The fourth-order valence-corrected chi connectivity index (χ4v) is 2.62. The van der Waals surface area contributed by atoms with Gasteiger partial charge >= 0.3 is 0 Å². The maximum atomic E-state index is 5.92. The SMILES string of the molecule is C#CCCC(N)CSc1cccc(Br)c1. The molecular formula is C12H14BrNS. The quantitative estimate of drug-likeness (QED) is 0.663. The Kier molecular flexibility index (Phi) is 5.85. The molecule has 1 rings (SSSR count). The van der Waals surface area contributed by atoms with Crippen LogP contribution < -0.4 is 5.73 Å². The average Bonchev–Trinajstić information content (AvgIpc) is 2.23. The van der Waals surface area contributed by atoms with Crippen molar-refractivity contribution in [2.24, 2.45) is 5.73 Å². The Morgan fingerprint density at radius 3 is 3.00 bits per heavy atom. The van der Waals surface area contributed by atoms with E-state index >= 15 is 0 Å². The molecule has 0 heterocycles. The van der Waals surface area contributed by atoms with Gasteiger partial charge in [0.05, 0.1) is 0 Å². The van der Waals surface area contributed by atoms with Crippen molar-refractivity contribution in [3.63, 3.8) is 0 Å². The highest BCUT2D eigenvalue weighted by Gasteiger charge is 2.02. The number of rotatable bonds is 5. The highest BCUT2D eigenvalue weighted by atomic mass is 79.9. The molecule has 0 saturated heterocycles. The van der Waals surface area contributed by atoms with E-state index in [1.165, 1.54) is 4.90 Å². The van der Waals surface area contributed by atoms with Crippen molar-refractivity contribution in [3.8, 4) is 12.3 Å². The highest BCUT2D eigenvalue weighted by molar-refractivity contribution is 9.10. The second kappa shape index (κ2) is 6.95. The molecule has 0 radical (unpaired) electrons. The van der Waals surface area contributed by atoms with Crippen LogP contribution in [0.3, 0.4) is 0 Å². The first-order chi connectivity index (χ1) is 7.22. The molecule has 0 spiro atoms. The van der Waals surface area contributed by atoms with Crippen LogP contribution in [0.1, 0.15) is 12.8 Å². The lowest BCUT2D eigenvalue weighted by Gasteiger charge is -2.09. The molecule has 1 atom stereocenters. The molecule has 0 bridgehead atoms. The molecule has 1 nitrogen and oxygen atoms in total. The molecule has 0 aliphatic carbocycles. The van der Waals surface area contributed by atoms with Crippen molar-refractivity contribution in [2.75, 3.05) is 5.75 Å². The van der Waals surface area contributed by atoms with Crippen molar-refractivity contribution >= 4 is 27.7 Å². The zero-order chi connectivity index (χ0) is 11.1. The summed E-state index contributed by atoms with van der Waals surface area (Å²) < 4.78 is 1.10. The summed E-state index contributed by atoms with van der Waals surface area (Å²) in [6.07, 6.45) is 6.85. The molecule has 1 aromatic carbocycles. The molecule has 0 saturated carbocycles. The lowest BCUT2D eigenvalue weighted by molar-refractivity contribution is 0.692. The number of thioether (sulfide) groups is 1. The number of terminal acetylenes is 1. The zero-order valence-corrected chi connectivity index (χ0v) is 10.9. The standard InChI is InChI=1S/C12H14BrNS/c1-2-3-6-11(14)9-15-12-7-4-5-10(13)8-12/h1,4-5,7-8,11H,3,6,9,14H2. The number of benzene rings is 1. The average molecular weight is 284 g/mol. The van der Waals surface area contributed by atoms with Crippen molar-refractivity contribution < 1.29 is 0 Å². The van der Waals surface area contributed by atoms with Crippen molar-refractivity contribution in [3.05, 3.63) is 28.7 Å². The molecule has 0 aromatic heterocycles. The molecular weight excluding hydrogens is 270 g/mol. The predicted octanol–water partition coefficient (Wildman–Crippen LogP) is 3.28. The molecule has 3 heteroatoms. The topological polar surface area (TPSA) is 26.0 Å². The third kappa shape index (κ3) is 5.27. The molecule has 15 heavy (non-hydrogen) atoms. The van der Waals surface area contributed by atoms with E-state index in [0.29, 0.717) is 0 Å². The Balaban J connectivity index is 2.34. The fourth-order valence-electron chi connectivity index (χ4n) is 1.11. The summed E-state index contributed by atoms with van der Waals surface area (Å²) >= 11 is 5.21. The van der Waals surface area contributed by atoms with Gasteiger partial charge in [0.25, 0.3) is 0 Å². The number of halogens is 1. The van der Waals surface area contributed by atoms with Gasteiger partial charge in [0, 0.05) is 27.6 Å². The van der Waals surface area contributed by atoms with Crippen molar-refractivity contribution in [1.82, 2.24) is 0 Å². The van der Waals surface area contributed by atoms with Crippen LogP contribution in [-0.4, -0.2) is 11.8 Å². The second-order valence-corrected chi connectivity index (χ2v) is 5.28. The third-order valence-electron chi connectivity index (χ3n) is 1.92. The smallest absolute Gasteiger partial charge is 0.0186 e. The van der Waals surface area contributed by atoms with Gasteiger partial charge in [0.15, 0.2) is 0 Å². The van der Waals surface area contributed by atoms with Gasteiger partial charge in [-0.15, -0.1) is 24.1 Å². The Hall–Kier alpha value is -0.430. The fraction of sp³-hybridized carbons (Fsp3) is 0.333. The van der Waals surface area contributed by atoms with Gasteiger partial charge in [-0.05, 0) is 24.6 Å². The van der Waals surface area contributed by atoms with E-state index in [-0.39, 0.29) is 6.04 Å². The number of hydrogen-bond acceptors (Lipinski definition) is 2. The van der Waals surface area contributed by atoms with Crippen molar-refractivity contribution in [2.45, 2.75) is 23.8 Å². The van der Waals surface area contributed by atoms with E-state index in [0.717, 1.165) is 23.1 Å². The highest BCUT2D eigenvalue weighted by Crippen LogP contribution is 2.22. The van der Waals surface area contributed by atoms with Crippen LogP contribution in [0.25, 0.3) is 0 Å². The predicted molar refractivity (Wildman–Crippen MR) is 70.9 cm³/mol. The molecule has 0 amide bonds. The first kappa shape index (κ1) is 12.6. The third-order valence-corrected chi connectivity index (χ3v) is 3.59. The summed E-state index contributed by atoms with van der Waals surface area (Å²) in [4.78, 5) is 1.24. The van der Waals surface area contributed by atoms with Crippen LogP contribution in [0.15, 0.2) is 33.6 Å². The maximum absolute atomic E-state index is 5.92. The van der Waals surface area contributed by atoms with E-state index in [1.54, 1.807) is 11.8 Å². The van der Waals surface area contributed by atoms with E-state index in [2.05, 4.69) is 34.0 Å². The molecule has 2 N–H and O–H groups in total. The molecule has 1 aromatic rings. The zero-order valence-electron chi connectivity index (χ0n) is 8.45. The lowest BCUT2D eigenvalue weighted by atomic mass is 10.2. The first-order valence-corrected chi connectivity index (χ1v) is 6.57. The van der Waals surface area contributed by atoms with E-state index in [9.17, 15) is 0 Å². The van der Waals surface area contributed by atoms with Crippen LogP contribution in [-0.2, 0) is 0 Å². The van der Waals surface area contributed by atoms with Crippen LogP contribution in [0.4, 0.5) is 0 Å². The molecule has 0 aliphatic rings. The minimum absolute atomic E-state index is 0.185. The summed E-state index contributed by atoms with van der Waals surface area (Å²) in [6.45, 7) is 0. The molecule has 1 unspecified atom stereocenters. The number of hydrogen-bond donors (Lipinski definition) is 1. The summed E-state index contributed by atoms with van der Waals surface area (Å²) in [6, 6.07) is 8.41. The van der Waals surface area contributed by atoms with Gasteiger partial charge in [-0.3, -0.25) is 0 Å². The van der Waals surface area contributed by atoms with Crippen LogP contribution in [0, 0.1) is 12.3 Å². The largest absolute Gasteiger partial charge is 0.327 e.